The zero-order valence-electron chi connectivity index (χ0n) is 42.7. The Balaban J connectivity index is 1.34. The first kappa shape index (κ1) is 65.4. The van der Waals surface area contributed by atoms with Crippen molar-refractivity contribution in [1.82, 2.24) is 16.0 Å². The smallest absolute Gasteiger partial charge is 0.217 e. The second-order valence-corrected chi connectivity index (χ2v) is 19.7. The molecule has 0 aromatic heterocycles. The molecule has 0 radical (unpaired) electrons. The standard InChI is InChI=1S/C44H75N3O32/c1-12-23(57)28(62)30(64)42(69-12)76-35-20(9-53)73-40(79-38-26(60)17(6-50)71-43(32(38)66)75-34-19(8-52)74-41(31(65)29(34)63)68-10-15(4-48)45-11-54)22(47-14(3)56)36(35)77-44-33(67)37(25(59)18(7-51)72-44)78-39-21(46-13(2)55)27(61)24(58)16(5-49)70-39/h11-12,15-44,48-53,57-67H,4-10H2,1-3H3,(H,45,54)(H,46,55)(H,47,56)/t12-,15+,16+,17+,18+,19+,20+,21+,22+,23+,24+,25-,26-,27+,28+,29+,30-,31+,32+,33+,34+,35+,36+,37-,38-,39-,40-,41+,42-,43-,44-/m0/s1. The van der Waals surface area contributed by atoms with Crippen LogP contribution >= 0.6 is 0 Å². The Labute approximate surface area is 448 Å². The molecule has 35 nitrogen and oxygen atoms in total. The van der Waals surface area contributed by atoms with Crippen LogP contribution in [0.1, 0.15) is 20.8 Å². The Morgan fingerprint density at radius 2 is 0.835 bits per heavy atom. The van der Waals surface area contributed by atoms with Crippen molar-refractivity contribution in [2.24, 2.45) is 0 Å². The number of aliphatic hydroxyl groups excluding tert-OH is 17. The number of carbonyl (C=O) groups excluding carboxylic acids is 3. The molecule has 0 unspecified atom stereocenters. The minimum absolute atomic E-state index is 0.270. The van der Waals surface area contributed by atoms with Crippen molar-refractivity contribution in [3.63, 3.8) is 0 Å². The lowest BCUT2D eigenvalue weighted by Gasteiger charge is -2.52. The fraction of sp³-hybridized carbons (Fsp3) is 0.932. The number of rotatable bonds is 23. The van der Waals surface area contributed by atoms with Gasteiger partial charge in [-0.15, -0.1) is 0 Å². The summed E-state index contributed by atoms with van der Waals surface area (Å²) in [7, 11) is 0. The Morgan fingerprint density at radius 1 is 0.430 bits per heavy atom. The molecule has 6 heterocycles. The molecular weight excluding hydrogens is 1080 g/mol. The molecule has 0 aromatic carbocycles. The van der Waals surface area contributed by atoms with E-state index < -0.39 is 248 Å². The van der Waals surface area contributed by atoms with Crippen LogP contribution in [0, 0.1) is 0 Å². The quantitative estimate of drug-likeness (QED) is 0.0423. The van der Waals surface area contributed by atoms with Gasteiger partial charge in [0, 0.05) is 13.8 Å². The summed E-state index contributed by atoms with van der Waals surface area (Å²) >= 11 is 0. The van der Waals surface area contributed by atoms with Gasteiger partial charge in [-0.1, -0.05) is 0 Å². The molecule has 0 spiro atoms. The molecule has 458 valence electrons. The predicted molar refractivity (Wildman–Crippen MR) is 245 cm³/mol. The third kappa shape index (κ3) is 14.8. The lowest BCUT2D eigenvalue weighted by Crippen LogP contribution is -2.71. The van der Waals surface area contributed by atoms with Crippen LogP contribution in [0.4, 0.5) is 0 Å². The van der Waals surface area contributed by atoms with E-state index in [0.717, 1.165) is 13.8 Å². The Hall–Kier alpha value is -2.75. The number of hydrogen-bond donors (Lipinski definition) is 20. The zero-order chi connectivity index (χ0) is 58.3. The van der Waals surface area contributed by atoms with Gasteiger partial charge >= 0.3 is 0 Å². The maximum absolute atomic E-state index is 13.2. The van der Waals surface area contributed by atoms with Crippen LogP contribution in [0.25, 0.3) is 0 Å². The van der Waals surface area contributed by atoms with Gasteiger partial charge < -0.3 is 160 Å². The van der Waals surface area contributed by atoms with Crippen LogP contribution in [0.2, 0.25) is 0 Å². The number of aliphatic hydroxyl groups is 17. The average Bonchev–Trinajstić information content (AvgIpc) is 3.46. The van der Waals surface area contributed by atoms with Crippen LogP contribution in [0.5, 0.6) is 0 Å². The largest absolute Gasteiger partial charge is 0.394 e. The van der Waals surface area contributed by atoms with E-state index >= 15 is 0 Å². The van der Waals surface area contributed by atoms with Crippen molar-refractivity contribution in [2.75, 3.05) is 46.2 Å². The fourth-order valence-electron chi connectivity index (χ4n) is 9.84. The third-order valence-corrected chi connectivity index (χ3v) is 14.2. The molecule has 20 N–H and O–H groups in total. The first-order valence-electron chi connectivity index (χ1n) is 25.2. The third-order valence-electron chi connectivity index (χ3n) is 14.2. The maximum Gasteiger partial charge on any atom is 0.217 e. The monoisotopic (exact) mass is 1160 g/mol. The molecule has 3 amide bonds. The second-order valence-electron chi connectivity index (χ2n) is 19.7. The van der Waals surface area contributed by atoms with E-state index in [9.17, 15) is 101 Å². The van der Waals surface area contributed by atoms with E-state index in [1.807, 2.05) is 0 Å². The van der Waals surface area contributed by atoms with E-state index in [1.54, 1.807) is 0 Å². The lowest BCUT2D eigenvalue weighted by atomic mass is 9.93. The van der Waals surface area contributed by atoms with Gasteiger partial charge in [0.25, 0.3) is 0 Å². The van der Waals surface area contributed by atoms with Gasteiger partial charge in [0.15, 0.2) is 37.7 Å². The highest BCUT2D eigenvalue weighted by molar-refractivity contribution is 5.73. The lowest BCUT2D eigenvalue weighted by molar-refractivity contribution is -0.395. The van der Waals surface area contributed by atoms with Crippen LogP contribution in [-0.4, -0.2) is 341 Å². The van der Waals surface area contributed by atoms with Crippen molar-refractivity contribution >= 4 is 18.2 Å². The summed E-state index contributed by atoms with van der Waals surface area (Å²) in [5.74, 6) is -1.71. The summed E-state index contributed by atoms with van der Waals surface area (Å²) in [6.45, 7) is -2.83. The number of amides is 3. The molecule has 6 fully saturated rings. The van der Waals surface area contributed by atoms with E-state index in [1.165, 1.54) is 6.92 Å². The molecule has 0 saturated carbocycles. The highest BCUT2D eigenvalue weighted by Crippen LogP contribution is 2.38. The van der Waals surface area contributed by atoms with Gasteiger partial charge in [-0.3, -0.25) is 14.4 Å². The number of ether oxygens (including phenoxy) is 12. The summed E-state index contributed by atoms with van der Waals surface area (Å²) in [6, 6.07) is -4.54. The predicted octanol–water partition coefficient (Wildman–Crippen LogP) is -13.7. The van der Waals surface area contributed by atoms with Gasteiger partial charge in [0.05, 0.1) is 58.4 Å². The van der Waals surface area contributed by atoms with Gasteiger partial charge in [-0.05, 0) is 6.92 Å². The van der Waals surface area contributed by atoms with Crippen LogP contribution in [-0.2, 0) is 71.2 Å². The zero-order valence-corrected chi connectivity index (χ0v) is 42.7. The Kier molecular flexibility index (Phi) is 24.2. The highest BCUT2D eigenvalue weighted by atomic mass is 16.8. The highest BCUT2D eigenvalue weighted by Gasteiger charge is 2.59. The van der Waals surface area contributed by atoms with Gasteiger partial charge in [-0.25, -0.2) is 0 Å². The SMILES string of the molecule is CC(=O)N[C@H]1[C@H](O[C@H]2[C@@H](O)[C@@H](CO)O[C@@H](O[C@@H]3[C@@H](NC(C)=O)[C@H](O[C@H]4[C@@H](O)[C@@H](CO)O[C@@H](O[C@H]5[C@H](O)[C@@H](O)[C@H](OC[C@@H](CO)NC=O)O[C@@H]5CO)[C@@H]4O)O[C@H](CO)[C@H]3O[C@@H]3O[C@@H](C)[C@@H](O)[C@@H](O)[C@@H]3O)[C@@H]2O)O[C@H](CO)[C@@H](O)[C@@H]1O. The first-order chi connectivity index (χ1) is 37.5. The summed E-state index contributed by atoms with van der Waals surface area (Å²) in [5, 5.41) is 191. The van der Waals surface area contributed by atoms with Crippen molar-refractivity contribution in [2.45, 2.75) is 211 Å². The summed E-state index contributed by atoms with van der Waals surface area (Å²) in [5.41, 5.74) is 0. The molecular formula is C44H75N3O32. The second kappa shape index (κ2) is 29.2. The molecule has 6 rings (SSSR count). The first-order valence-corrected chi connectivity index (χ1v) is 25.2. The molecule has 0 bridgehead atoms. The number of hydrogen-bond acceptors (Lipinski definition) is 32. The molecule has 31 atom stereocenters. The molecule has 0 aromatic rings. The van der Waals surface area contributed by atoms with Crippen molar-refractivity contribution in [1.29, 1.82) is 0 Å². The molecule has 79 heavy (non-hydrogen) atoms. The van der Waals surface area contributed by atoms with E-state index in [-0.39, 0.29) is 6.41 Å². The summed E-state index contributed by atoms with van der Waals surface area (Å²) in [6.07, 6.45) is -53.2. The topological polar surface area (TPSA) is 542 Å². The fourth-order valence-corrected chi connectivity index (χ4v) is 9.84. The summed E-state index contributed by atoms with van der Waals surface area (Å²) in [4.78, 5) is 36.3. The minimum Gasteiger partial charge on any atom is -0.394 e. The summed E-state index contributed by atoms with van der Waals surface area (Å²) < 4.78 is 70.3. The van der Waals surface area contributed by atoms with E-state index in [4.69, 9.17) is 56.8 Å². The van der Waals surface area contributed by atoms with Crippen molar-refractivity contribution in [3.05, 3.63) is 0 Å². The van der Waals surface area contributed by atoms with E-state index in [0.29, 0.717) is 0 Å². The van der Waals surface area contributed by atoms with Gasteiger partial charge in [-0.2, -0.15) is 0 Å². The molecule has 6 saturated heterocycles. The van der Waals surface area contributed by atoms with Gasteiger partial charge in [0.2, 0.25) is 18.2 Å². The number of carbonyl (C=O) groups is 3. The minimum atomic E-state index is -2.28. The van der Waals surface area contributed by atoms with E-state index in [2.05, 4.69) is 16.0 Å². The molecule has 6 aliphatic heterocycles. The van der Waals surface area contributed by atoms with Gasteiger partial charge in [0.1, 0.15) is 140 Å². The van der Waals surface area contributed by atoms with Crippen LogP contribution in [0.15, 0.2) is 0 Å². The van der Waals surface area contributed by atoms with Crippen LogP contribution < -0.4 is 16.0 Å². The van der Waals surface area contributed by atoms with Crippen molar-refractivity contribution < 1.29 is 158 Å². The Bertz CT molecular complexity index is 1910. The number of nitrogens with one attached hydrogen (secondary N) is 3. The molecule has 0 aliphatic carbocycles. The average molecular weight is 1160 g/mol. The van der Waals surface area contributed by atoms with Crippen LogP contribution in [0.3, 0.4) is 0 Å². The maximum atomic E-state index is 13.2. The Morgan fingerprint density at radius 3 is 1.34 bits per heavy atom. The molecule has 6 aliphatic rings. The normalized spacial score (nSPS) is 47.2. The van der Waals surface area contributed by atoms with Crippen molar-refractivity contribution in [3.8, 4) is 0 Å². The molecule has 35 heteroatoms.